The molecule has 0 saturated carbocycles. The van der Waals surface area contributed by atoms with Crippen LogP contribution in [0.2, 0.25) is 5.02 Å². The Labute approximate surface area is 246 Å². The fourth-order valence-electron chi connectivity index (χ4n) is 6.43. The van der Waals surface area contributed by atoms with E-state index in [9.17, 15) is 19.5 Å². The van der Waals surface area contributed by atoms with Gasteiger partial charge in [-0.15, -0.1) is 11.8 Å². The lowest BCUT2D eigenvalue weighted by Gasteiger charge is -2.35. The number of anilines is 1. The molecule has 3 unspecified atom stereocenters. The van der Waals surface area contributed by atoms with E-state index in [0.29, 0.717) is 43.1 Å². The van der Waals surface area contributed by atoms with Crippen LogP contribution in [0, 0.1) is 18.8 Å². The molecule has 0 radical (unpaired) electrons. The summed E-state index contributed by atoms with van der Waals surface area (Å²) in [6.07, 6.45) is 2.67. The molecule has 5 rings (SSSR count). The number of benzene rings is 2. The number of nitrogens with one attached hydrogen (secondary N) is 2. The lowest BCUT2D eigenvalue weighted by molar-refractivity contribution is -0.139. The Hall–Kier alpha value is -2.07. The molecule has 2 aromatic carbocycles. The van der Waals surface area contributed by atoms with Crippen LogP contribution in [-0.2, 0) is 20.9 Å². The summed E-state index contributed by atoms with van der Waals surface area (Å²) in [4.78, 5) is 43.5. The zero-order valence-corrected chi connectivity index (χ0v) is 24.9. The number of carbonyl (C=O) groups excluding carboxylic acids is 3. The number of fused-ring (bicyclic) bond motifs is 1. The third-order valence-corrected chi connectivity index (χ3v) is 11.7. The van der Waals surface area contributed by atoms with Gasteiger partial charge in [-0.05, 0) is 49.8 Å². The van der Waals surface area contributed by atoms with Crippen molar-refractivity contribution < 1.29 is 19.5 Å². The summed E-state index contributed by atoms with van der Waals surface area (Å²) in [5.41, 5.74) is 2.37. The largest absolute Gasteiger partial charge is 0.396 e. The standard InChI is InChI=1S/C29H33BrClN3O4S/c1-17-9-8-12-20(31)23(17)33-27(37)25-29-15-19(30)24(39-29)21(26(36)32-16-18-10-4-2-5-11-18)22(29)28(38)34(25)13-6-3-7-14-35/h2,4-5,8-12,19,21-22,24-25,35H,3,6-7,13-16H2,1H3,(H,32,36)(H,33,37)/t19?,21-,22+,24-,25?,29?/m1/s1. The number of unbranched alkanes of at least 4 members (excludes halogenated alkanes) is 2. The van der Waals surface area contributed by atoms with Gasteiger partial charge in [-0.3, -0.25) is 14.4 Å². The van der Waals surface area contributed by atoms with Crippen molar-refractivity contribution in [2.75, 3.05) is 18.5 Å². The van der Waals surface area contributed by atoms with Crippen LogP contribution in [0.1, 0.15) is 36.8 Å². The van der Waals surface area contributed by atoms with Crippen molar-refractivity contribution >= 4 is 62.7 Å². The number of halogens is 2. The Morgan fingerprint density at radius 3 is 2.62 bits per heavy atom. The highest BCUT2D eigenvalue weighted by Crippen LogP contribution is 2.67. The highest BCUT2D eigenvalue weighted by molar-refractivity contribution is 9.09. The average molecular weight is 635 g/mol. The van der Waals surface area contributed by atoms with Gasteiger partial charge in [-0.2, -0.15) is 0 Å². The first-order chi connectivity index (χ1) is 18.8. The van der Waals surface area contributed by atoms with Gasteiger partial charge < -0.3 is 20.6 Å². The zero-order valence-electron chi connectivity index (χ0n) is 21.7. The normalized spacial score (nSPS) is 29.0. The molecular weight excluding hydrogens is 602 g/mol. The molecular formula is C29H33BrClN3O4S. The summed E-state index contributed by atoms with van der Waals surface area (Å²) < 4.78 is -0.721. The predicted octanol–water partition coefficient (Wildman–Crippen LogP) is 4.53. The van der Waals surface area contributed by atoms with Crippen LogP contribution in [0.4, 0.5) is 5.69 Å². The van der Waals surface area contributed by atoms with E-state index in [4.69, 9.17) is 11.6 Å². The second kappa shape index (κ2) is 11.8. The Kier molecular flexibility index (Phi) is 8.62. The molecule has 3 N–H and O–H groups in total. The molecule has 2 aromatic rings. The van der Waals surface area contributed by atoms with Gasteiger partial charge in [0.2, 0.25) is 17.7 Å². The molecule has 7 nitrogen and oxygen atoms in total. The molecule has 3 aliphatic heterocycles. The molecule has 3 heterocycles. The van der Waals surface area contributed by atoms with E-state index in [1.807, 2.05) is 49.4 Å². The number of rotatable bonds is 10. The van der Waals surface area contributed by atoms with Gasteiger partial charge in [0.15, 0.2) is 0 Å². The molecule has 39 heavy (non-hydrogen) atoms. The number of hydrogen-bond donors (Lipinski definition) is 3. The molecule has 0 aromatic heterocycles. The SMILES string of the molecule is Cc1cccc(Cl)c1NC(=O)C1N(CCCCCO)C(=O)[C@@H]2[C@@H](C(=O)NCc3ccccc3)[C@@H]3SC12CC3Br. The minimum absolute atomic E-state index is 0.00529. The molecule has 6 atom stereocenters. The second-order valence-electron chi connectivity index (χ2n) is 10.6. The number of aliphatic hydroxyl groups is 1. The van der Waals surface area contributed by atoms with E-state index in [2.05, 4.69) is 26.6 Å². The van der Waals surface area contributed by atoms with E-state index in [1.54, 1.807) is 22.7 Å². The minimum Gasteiger partial charge on any atom is -0.396 e. The summed E-state index contributed by atoms with van der Waals surface area (Å²) in [6, 6.07) is 14.4. The van der Waals surface area contributed by atoms with E-state index in [0.717, 1.165) is 17.5 Å². The van der Waals surface area contributed by atoms with E-state index >= 15 is 0 Å². The zero-order chi connectivity index (χ0) is 27.7. The van der Waals surface area contributed by atoms with Crippen molar-refractivity contribution in [3.63, 3.8) is 0 Å². The van der Waals surface area contributed by atoms with Gasteiger partial charge in [-0.1, -0.05) is 70.0 Å². The third-order valence-electron chi connectivity index (χ3n) is 8.18. The summed E-state index contributed by atoms with van der Waals surface area (Å²) in [5.74, 6) is -1.68. The molecule has 3 amide bonds. The first-order valence-electron chi connectivity index (χ1n) is 13.4. The van der Waals surface area contributed by atoms with Crippen molar-refractivity contribution in [3.05, 3.63) is 64.7 Å². The molecule has 2 bridgehead atoms. The number of carbonyl (C=O) groups is 3. The van der Waals surface area contributed by atoms with Gasteiger partial charge in [0.25, 0.3) is 0 Å². The Bertz CT molecular complexity index is 1230. The lowest BCUT2D eigenvalue weighted by Crippen LogP contribution is -2.53. The van der Waals surface area contributed by atoms with Gasteiger partial charge in [0, 0.05) is 29.8 Å². The molecule has 3 fully saturated rings. The molecule has 1 spiro atoms. The fraction of sp³-hybridized carbons (Fsp3) is 0.483. The number of para-hydroxylation sites is 1. The quantitative estimate of drug-likeness (QED) is 0.264. The van der Waals surface area contributed by atoms with Crippen LogP contribution in [0.25, 0.3) is 0 Å². The molecule has 208 valence electrons. The van der Waals surface area contributed by atoms with E-state index in [1.165, 1.54) is 0 Å². The average Bonchev–Trinajstić information content (AvgIpc) is 3.51. The highest BCUT2D eigenvalue weighted by Gasteiger charge is 2.75. The Balaban J connectivity index is 1.45. The van der Waals surface area contributed by atoms with Crippen molar-refractivity contribution in [2.24, 2.45) is 11.8 Å². The lowest BCUT2D eigenvalue weighted by atomic mass is 9.70. The van der Waals surface area contributed by atoms with Crippen LogP contribution < -0.4 is 10.6 Å². The number of amides is 3. The number of likely N-dealkylation sites (tertiary alicyclic amines) is 1. The Morgan fingerprint density at radius 2 is 1.90 bits per heavy atom. The van der Waals surface area contributed by atoms with Crippen molar-refractivity contribution in [2.45, 2.75) is 60.0 Å². The first-order valence-corrected chi connectivity index (χ1v) is 15.6. The number of thioether (sulfide) groups is 1. The number of nitrogens with zero attached hydrogens (tertiary/aromatic N) is 1. The summed E-state index contributed by atoms with van der Waals surface area (Å²) in [5, 5.41) is 15.7. The summed E-state index contributed by atoms with van der Waals surface area (Å²) in [6.45, 7) is 2.75. The van der Waals surface area contributed by atoms with Crippen molar-refractivity contribution in [1.82, 2.24) is 10.2 Å². The van der Waals surface area contributed by atoms with Crippen LogP contribution in [-0.4, -0.2) is 61.7 Å². The van der Waals surface area contributed by atoms with E-state index in [-0.39, 0.29) is 34.4 Å². The van der Waals surface area contributed by atoms with E-state index < -0.39 is 22.6 Å². The van der Waals surface area contributed by atoms with Crippen molar-refractivity contribution in [3.8, 4) is 0 Å². The van der Waals surface area contributed by atoms with Gasteiger partial charge >= 0.3 is 0 Å². The Morgan fingerprint density at radius 1 is 1.13 bits per heavy atom. The number of aryl methyl sites for hydroxylation is 1. The van der Waals surface area contributed by atoms with Crippen LogP contribution in [0.3, 0.4) is 0 Å². The number of alkyl halides is 1. The predicted molar refractivity (Wildman–Crippen MR) is 158 cm³/mol. The monoisotopic (exact) mass is 633 g/mol. The third kappa shape index (κ3) is 5.23. The van der Waals surface area contributed by atoms with Gasteiger partial charge in [0.05, 0.1) is 27.3 Å². The smallest absolute Gasteiger partial charge is 0.248 e. The summed E-state index contributed by atoms with van der Waals surface area (Å²) in [7, 11) is 0. The molecule has 0 aliphatic carbocycles. The number of aliphatic hydroxyl groups excluding tert-OH is 1. The fourth-order valence-corrected chi connectivity index (χ4v) is 10.3. The second-order valence-corrected chi connectivity index (χ2v) is 13.7. The van der Waals surface area contributed by atoms with Gasteiger partial charge in [-0.25, -0.2) is 0 Å². The van der Waals surface area contributed by atoms with Crippen LogP contribution in [0.5, 0.6) is 0 Å². The highest BCUT2D eigenvalue weighted by atomic mass is 79.9. The maximum absolute atomic E-state index is 14.1. The topological polar surface area (TPSA) is 98.7 Å². The number of hydrogen-bond acceptors (Lipinski definition) is 5. The summed E-state index contributed by atoms with van der Waals surface area (Å²) >= 11 is 11.9. The molecule has 10 heteroatoms. The van der Waals surface area contributed by atoms with Gasteiger partial charge in [0.1, 0.15) is 6.04 Å². The molecule has 3 saturated heterocycles. The van der Waals surface area contributed by atoms with Crippen LogP contribution in [0.15, 0.2) is 48.5 Å². The first kappa shape index (κ1) is 28.5. The minimum atomic E-state index is -0.734. The maximum atomic E-state index is 14.1. The van der Waals surface area contributed by atoms with Crippen LogP contribution >= 0.6 is 39.3 Å². The maximum Gasteiger partial charge on any atom is 0.248 e. The molecule has 3 aliphatic rings. The van der Waals surface area contributed by atoms with Crippen molar-refractivity contribution in [1.29, 1.82) is 0 Å².